The van der Waals surface area contributed by atoms with E-state index in [1.807, 2.05) is 0 Å². The molecule has 2 fully saturated rings. The van der Waals surface area contributed by atoms with Crippen molar-refractivity contribution in [2.24, 2.45) is 5.92 Å². The molecular formula is C12H19N3O2. The van der Waals surface area contributed by atoms with Gasteiger partial charge in [0, 0.05) is 19.1 Å². The molecule has 0 bridgehead atoms. The van der Waals surface area contributed by atoms with Gasteiger partial charge in [0.05, 0.1) is 6.54 Å². The van der Waals surface area contributed by atoms with Gasteiger partial charge in [-0.15, -0.1) is 0 Å². The summed E-state index contributed by atoms with van der Waals surface area (Å²) < 4.78 is 5.27. The molecule has 1 N–H and O–H groups in total. The maximum absolute atomic E-state index is 9.18. The zero-order valence-corrected chi connectivity index (χ0v) is 10.0. The third-order valence-electron chi connectivity index (χ3n) is 3.65. The Hall–Kier alpha value is -0.940. The molecule has 1 saturated heterocycles. The molecule has 1 unspecified atom stereocenters. The van der Waals surface area contributed by atoms with Crippen LogP contribution in [0.3, 0.4) is 0 Å². The third-order valence-corrected chi connectivity index (χ3v) is 3.65. The van der Waals surface area contributed by atoms with Gasteiger partial charge in [0.1, 0.15) is 0 Å². The molecule has 0 amide bonds. The van der Waals surface area contributed by atoms with Gasteiger partial charge in [-0.2, -0.15) is 4.98 Å². The zero-order valence-electron chi connectivity index (χ0n) is 10.0. The van der Waals surface area contributed by atoms with Gasteiger partial charge >= 0.3 is 0 Å². The number of aliphatic hydroxyl groups is 1. The molecule has 3 rings (SSSR count). The normalized spacial score (nSPS) is 26.3. The standard InChI is InChI=1S/C12H19N3O2/c16-8-9-2-1-5-15(6-9)7-11-13-12(14-17-11)10-3-4-10/h9-10,16H,1-8H2. The fraction of sp³-hybridized carbons (Fsp3) is 0.833. The molecular weight excluding hydrogens is 218 g/mol. The fourth-order valence-corrected chi connectivity index (χ4v) is 2.47. The van der Waals surface area contributed by atoms with Gasteiger partial charge in [0.25, 0.3) is 0 Å². The van der Waals surface area contributed by atoms with Crippen molar-refractivity contribution in [2.75, 3.05) is 19.7 Å². The Morgan fingerprint density at radius 3 is 3.00 bits per heavy atom. The highest BCUT2D eigenvalue weighted by atomic mass is 16.5. The van der Waals surface area contributed by atoms with E-state index >= 15 is 0 Å². The van der Waals surface area contributed by atoms with Crippen LogP contribution in [-0.2, 0) is 6.54 Å². The third kappa shape index (κ3) is 2.66. The topological polar surface area (TPSA) is 62.4 Å². The number of rotatable bonds is 4. The summed E-state index contributed by atoms with van der Waals surface area (Å²) in [4.78, 5) is 6.74. The molecule has 1 aliphatic heterocycles. The van der Waals surface area contributed by atoms with E-state index in [0.717, 1.165) is 44.2 Å². The first kappa shape index (κ1) is 11.2. The second-order valence-corrected chi connectivity index (χ2v) is 5.25. The van der Waals surface area contributed by atoms with Crippen LogP contribution in [0.1, 0.15) is 43.3 Å². The quantitative estimate of drug-likeness (QED) is 0.851. The first-order valence-corrected chi connectivity index (χ1v) is 6.51. The molecule has 94 valence electrons. The predicted octanol–water partition coefficient (Wildman–Crippen LogP) is 1.15. The lowest BCUT2D eigenvalue weighted by Crippen LogP contribution is -2.36. The van der Waals surface area contributed by atoms with E-state index in [-0.39, 0.29) is 6.61 Å². The molecule has 0 spiro atoms. The predicted molar refractivity (Wildman–Crippen MR) is 61.4 cm³/mol. The van der Waals surface area contributed by atoms with Gasteiger partial charge in [-0.05, 0) is 38.1 Å². The highest BCUT2D eigenvalue weighted by Crippen LogP contribution is 2.38. The van der Waals surface area contributed by atoms with Crippen LogP contribution in [0.4, 0.5) is 0 Å². The lowest BCUT2D eigenvalue weighted by atomic mass is 9.99. The molecule has 2 heterocycles. The van der Waals surface area contributed by atoms with Crippen molar-refractivity contribution in [3.63, 3.8) is 0 Å². The van der Waals surface area contributed by atoms with E-state index in [1.54, 1.807) is 0 Å². The van der Waals surface area contributed by atoms with E-state index in [2.05, 4.69) is 15.0 Å². The molecule has 1 saturated carbocycles. The van der Waals surface area contributed by atoms with E-state index < -0.39 is 0 Å². The van der Waals surface area contributed by atoms with Gasteiger partial charge in [-0.25, -0.2) is 0 Å². The van der Waals surface area contributed by atoms with Crippen LogP contribution in [0.2, 0.25) is 0 Å². The van der Waals surface area contributed by atoms with Crippen molar-refractivity contribution < 1.29 is 9.63 Å². The summed E-state index contributed by atoms with van der Waals surface area (Å²) in [6, 6.07) is 0. The van der Waals surface area contributed by atoms with Crippen LogP contribution in [0.5, 0.6) is 0 Å². The number of likely N-dealkylation sites (tertiary alicyclic amines) is 1. The number of nitrogens with zero attached hydrogens (tertiary/aromatic N) is 3. The van der Waals surface area contributed by atoms with Gasteiger partial charge in [0.2, 0.25) is 5.89 Å². The summed E-state index contributed by atoms with van der Waals surface area (Å²) in [7, 11) is 0. The average molecular weight is 237 g/mol. The van der Waals surface area contributed by atoms with Gasteiger partial charge in [-0.1, -0.05) is 5.16 Å². The summed E-state index contributed by atoms with van der Waals surface area (Å²) >= 11 is 0. The Balaban J connectivity index is 1.57. The van der Waals surface area contributed by atoms with Crippen molar-refractivity contribution in [2.45, 2.75) is 38.1 Å². The Kier molecular flexibility index (Phi) is 3.11. The number of piperidine rings is 1. The van der Waals surface area contributed by atoms with Crippen LogP contribution in [0, 0.1) is 5.92 Å². The average Bonchev–Trinajstić information content (AvgIpc) is 3.11. The second-order valence-electron chi connectivity index (χ2n) is 5.25. The Labute approximate surface area is 101 Å². The Morgan fingerprint density at radius 2 is 2.24 bits per heavy atom. The van der Waals surface area contributed by atoms with Gasteiger partial charge < -0.3 is 9.63 Å². The lowest BCUT2D eigenvalue weighted by molar-refractivity contribution is 0.107. The van der Waals surface area contributed by atoms with Crippen molar-refractivity contribution in [3.8, 4) is 0 Å². The lowest BCUT2D eigenvalue weighted by Gasteiger charge is -2.30. The van der Waals surface area contributed by atoms with Crippen LogP contribution in [0.25, 0.3) is 0 Å². The summed E-state index contributed by atoms with van der Waals surface area (Å²) in [5, 5.41) is 13.2. The number of hydrogen-bond acceptors (Lipinski definition) is 5. The molecule has 0 radical (unpaired) electrons. The van der Waals surface area contributed by atoms with Crippen molar-refractivity contribution in [1.82, 2.24) is 15.0 Å². The summed E-state index contributed by atoms with van der Waals surface area (Å²) in [6.07, 6.45) is 4.68. The number of hydrogen-bond donors (Lipinski definition) is 1. The highest BCUT2D eigenvalue weighted by molar-refractivity contribution is 5.03. The van der Waals surface area contributed by atoms with Crippen molar-refractivity contribution in [1.29, 1.82) is 0 Å². The molecule has 17 heavy (non-hydrogen) atoms. The summed E-state index contributed by atoms with van der Waals surface area (Å²) in [5.41, 5.74) is 0. The molecule has 1 aromatic rings. The van der Waals surface area contributed by atoms with E-state index in [0.29, 0.717) is 11.8 Å². The molecule has 5 heteroatoms. The van der Waals surface area contributed by atoms with Crippen LogP contribution in [0.15, 0.2) is 4.52 Å². The molecule has 5 nitrogen and oxygen atoms in total. The van der Waals surface area contributed by atoms with Crippen LogP contribution >= 0.6 is 0 Å². The number of aromatic nitrogens is 2. The second kappa shape index (κ2) is 4.74. The van der Waals surface area contributed by atoms with E-state index in [9.17, 15) is 5.11 Å². The molecule has 1 atom stereocenters. The number of aliphatic hydroxyl groups excluding tert-OH is 1. The molecule has 1 aliphatic carbocycles. The molecule has 1 aromatic heterocycles. The summed E-state index contributed by atoms with van der Waals surface area (Å²) in [6.45, 7) is 3.03. The van der Waals surface area contributed by atoms with Crippen molar-refractivity contribution >= 4 is 0 Å². The summed E-state index contributed by atoms with van der Waals surface area (Å²) in [5.74, 6) is 2.58. The monoisotopic (exact) mass is 237 g/mol. The SMILES string of the molecule is OCC1CCCN(Cc2nc(C3CC3)no2)C1. The van der Waals surface area contributed by atoms with Crippen molar-refractivity contribution in [3.05, 3.63) is 11.7 Å². The minimum absolute atomic E-state index is 0.285. The van der Waals surface area contributed by atoms with Crippen LogP contribution in [-0.4, -0.2) is 39.8 Å². The van der Waals surface area contributed by atoms with Crippen LogP contribution < -0.4 is 0 Å². The Bertz CT molecular complexity index is 376. The fourth-order valence-electron chi connectivity index (χ4n) is 2.47. The first-order valence-electron chi connectivity index (χ1n) is 6.51. The van der Waals surface area contributed by atoms with E-state index in [4.69, 9.17) is 4.52 Å². The molecule has 0 aromatic carbocycles. The van der Waals surface area contributed by atoms with E-state index in [1.165, 1.54) is 12.8 Å². The minimum atomic E-state index is 0.285. The zero-order chi connectivity index (χ0) is 11.7. The maximum atomic E-state index is 9.18. The smallest absolute Gasteiger partial charge is 0.240 e. The minimum Gasteiger partial charge on any atom is -0.396 e. The van der Waals surface area contributed by atoms with Gasteiger partial charge in [-0.3, -0.25) is 4.90 Å². The first-order chi connectivity index (χ1) is 8.35. The molecule has 2 aliphatic rings. The Morgan fingerprint density at radius 1 is 1.35 bits per heavy atom. The highest BCUT2D eigenvalue weighted by Gasteiger charge is 2.29. The maximum Gasteiger partial charge on any atom is 0.240 e. The van der Waals surface area contributed by atoms with Gasteiger partial charge in [0.15, 0.2) is 5.82 Å². The largest absolute Gasteiger partial charge is 0.396 e.